The molecule has 1 N–H and O–H groups in total. The molecule has 0 aliphatic heterocycles. The Bertz CT molecular complexity index is 287. The highest BCUT2D eigenvalue weighted by atomic mass is 16.4. The van der Waals surface area contributed by atoms with Gasteiger partial charge >= 0.3 is 5.97 Å². The van der Waals surface area contributed by atoms with Gasteiger partial charge < -0.3 is 5.11 Å². The Morgan fingerprint density at radius 1 is 1.57 bits per heavy atom. The highest BCUT2D eigenvalue weighted by Crippen LogP contribution is 2.37. The second-order valence-corrected chi connectivity index (χ2v) is 3.72. The summed E-state index contributed by atoms with van der Waals surface area (Å²) in [5.41, 5.74) is -1.18. The van der Waals surface area contributed by atoms with Crippen LogP contribution in [0.15, 0.2) is 0 Å². The van der Waals surface area contributed by atoms with Crippen molar-refractivity contribution in [2.45, 2.75) is 38.5 Å². The number of terminal acetylenes is 1. The molecule has 1 saturated carbocycles. The van der Waals surface area contributed by atoms with Gasteiger partial charge in [-0.3, -0.25) is 9.59 Å². The van der Waals surface area contributed by atoms with Crippen LogP contribution in [0.2, 0.25) is 0 Å². The van der Waals surface area contributed by atoms with Gasteiger partial charge in [-0.1, -0.05) is 6.42 Å². The van der Waals surface area contributed by atoms with Crippen molar-refractivity contribution in [1.82, 2.24) is 0 Å². The van der Waals surface area contributed by atoms with E-state index in [1.165, 1.54) is 0 Å². The van der Waals surface area contributed by atoms with E-state index >= 15 is 0 Å². The van der Waals surface area contributed by atoms with E-state index in [0.29, 0.717) is 19.3 Å². The van der Waals surface area contributed by atoms with Crippen molar-refractivity contribution in [3.05, 3.63) is 0 Å². The zero-order valence-electron chi connectivity index (χ0n) is 8.08. The quantitative estimate of drug-likeness (QED) is 0.548. The Hall–Kier alpha value is -1.30. The first kappa shape index (κ1) is 10.8. The summed E-state index contributed by atoms with van der Waals surface area (Å²) in [6.07, 6.45) is 8.20. The third kappa shape index (κ3) is 1.79. The first-order valence-electron chi connectivity index (χ1n) is 4.83. The largest absolute Gasteiger partial charge is 0.480 e. The number of carbonyl (C=O) groups excluding carboxylic acids is 1. The molecule has 0 amide bonds. The van der Waals surface area contributed by atoms with Gasteiger partial charge in [-0.2, -0.15) is 0 Å². The zero-order valence-corrected chi connectivity index (χ0v) is 8.08. The molecule has 0 saturated heterocycles. The number of hydrogen-bond donors (Lipinski definition) is 1. The van der Waals surface area contributed by atoms with Crippen molar-refractivity contribution in [2.75, 3.05) is 0 Å². The molecule has 0 spiro atoms. The van der Waals surface area contributed by atoms with Crippen LogP contribution in [-0.2, 0) is 9.59 Å². The molecule has 0 heterocycles. The number of aliphatic carboxylic acids is 1. The lowest BCUT2D eigenvalue weighted by molar-refractivity contribution is -0.157. The first-order valence-corrected chi connectivity index (χ1v) is 4.83. The molecule has 3 nitrogen and oxygen atoms in total. The Labute approximate surface area is 83.5 Å². The number of carbonyl (C=O) groups is 2. The van der Waals surface area contributed by atoms with Crippen LogP contribution in [0.5, 0.6) is 0 Å². The topological polar surface area (TPSA) is 54.4 Å². The molecule has 1 atom stereocenters. The van der Waals surface area contributed by atoms with Crippen LogP contribution in [0.4, 0.5) is 0 Å². The van der Waals surface area contributed by atoms with Gasteiger partial charge in [0.1, 0.15) is 11.2 Å². The summed E-state index contributed by atoms with van der Waals surface area (Å²) in [6, 6.07) is 0. The Morgan fingerprint density at radius 3 is 2.79 bits per heavy atom. The molecule has 0 aromatic carbocycles. The number of Topliss-reactive ketones (excluding diaryl/α,β-unsaturated/α-hetero) is 1. The maximum Gasteiger partial charge on any atom is 0.317 e. The lowest BCUT2D eigenvalue weighted by Gasteiger charge is -2.30. The SMILES string of the molecule is C#CCCC1(C(=O)O)CCCCC1=O. The van der Waals surface area contributed by atoms with Gasteiger partial charge in [-0.15, -0.1) is 12.3 Å². The van der Waals surface area contributed by atoms with Gasteiger partial charge in [-0.05, 0) is 19.3 Å². The zero-order chi connectivity index (χ0) is 10.6. The minimum Gasteiger partial charge on any atom is -0.480 e. The first-order chi connectivity index (χ1) is 6.63. The Kier molecular flexibility index (Phi) is 3.29. The van der Waals surface area contributed by atoms with E-state index in [0.717, 1.165) is 12.8 Å². The van der Waals surface area contributed by atoms with Crippen LogP contribution in [0.1, 0.15) is 38.5 Å². The maximum atomic E-state index is 11.6. The third-order valence-electron chi connectivity index (χ3n) is 2.90. The Balaban J connectivity index is 2.84. The second kappa shape index (κ2) is 4.28. The van der Waals surface area contributed by atoms with Gasteiger partial charge in [-0.25, -0.2) is 0 Å². The van der Waals surface area contributed by atoms with Crippen LogP contribution >= 0.6 is 0 Å². The molecule has 0 aromatic heterocycles. The molecule has 1 rings (SSSR count). The van der Waals surface area contributed by atoms with Crippen LogP contribution in [-0.4, -0.2) is 16.9 Å². The van der Waals surface area contributed by atoms with Crippen LogP contribution in [0, 0.1) is 17.8 Å². The van der Waals surface area contributed by atoms with Crippen LogP contribution in [0.3, 0.4) is 0 Å². The summed E-state index contributed by atoms with van der Waals surface area (Å²) in [5.74, 6) is 1.25. The third-order valence-corrected chi connectivity index (χ3v) is 2.90. The van der Waals surface area contributed by atoms with E-state index in [1.54, 1.807) is 0 Å². The van der Waals surface area contributed by atoms with Gasteiger partial charge in [0.25, 0.3) is 0 Å². The number of ketones is 1. The highest BCUT2D eigenvalue weighted by molar-refractivity contribution is 6.03. The predicted molar refractivity (Wildman–Crippen MR) is 51.6 cm³/mol. The monoisotopic (exact) mass is 194 g/mol. The molecule has 1 unspecified atom stereocenters. The molecule has 1 fully saturated rings. The molecule has 1 aliphatic carbocycles. The normalized spacial score (nSPS) is 26.9. The molecule has 0 aromatic rings. The summed E-state index contributed by atoms with van der Waals surface area (Å²) in [5, 5.41) is 9.10. The molecule has 14 heavy (non-hydrogen) atoms. The molecule has 0 bridgehead atoms. The second-order valence-electron chi connectivity index (χ2n) is 3.72. The fraction of sp³-hybridized carbons (Fsp3) is 0.636. The summed E-state index contributed by atoms with van der Waals surface area (Å²) in [4.78, 5) is 22.7. The Morgan fingerprint density at radius 2 is 2.29 bits per heavy atom. The van der Waals surface area contributed by atoms with Gasteiger partial charge in [0.2, 0.25) is 0 Å². The molecule has 76 valence electrons. The fourth-order valence-electron chi connectivity index (χ4n) is 1.97. The molecule has 0 radical (unpaired) electrons. The number of carboxylic acid groups (broad SMARTS) is 1. The smallest absolute Gasteiger partial charge is 0.317 e. The van der Waals surface area contributed by atoms with E-state index in [1.807, 2.05) is 0 Å². The lowest BCUT2D eigenvalue weighted by atomic mass is 9.70. The van der Waals surface area contributed by atoms with Crippen molar-refractivity contribution in [2.24, 2.45) is 5.41 Å². The van der Waals surface area contributed by atoms with Crippen LogP contribution in [0.25, 0.3) is 0 Å². The van der Waals surface area contributed by atoms with Crippen molar-refractivity contribution in [1.29, 1.82) is 0 Å². The standard InChI is InChI=1S/C11H14O3/c1-2-3-7-11(10(13)14)8-5-4-6-9(11)12/h1H,3-8H2,(H,13,14). The fourth-order valence-corrected chi connectivity index (χ4v) is 1.97. The molecule has 1 aliphatic rings. The van der Waals surface area contributed by atoms with Gasteiger partial charge in [0, 0.05) is 12.8 Å². The van der Waals surface area contributed by atoms with E-state index in [-0.39, 0.29) is 12.2 Å². The minimum atomic E-state index is -1.18. The summed E-state index contributed by atoms with van der Waals surface area (Å²) in [7, 11) is 0. The number of rotatable bonds is 3. The van der Waals surface area contributed by atoms with Crippen LogP contribution < -0.4 is 0 Å². The minimum absolute atomic E-state index is 0.147. The average Bonchev–Trinajstić information content (AvgIpc) is 2.16. The summed E-state index contributed by atoms with van der Waals surface area (Å²) >= 11 is 0. The maximum absolute atomic E-state index is 11.6. The van der Waals surface area contributed by atoms with Gasteiger partial charge in [0.05, 0.1) is 0 Å². The molecular formula is C11H14O3. The van der Waals surface area contributed by atoms with Crippen molar-refractivity contribution in [3.8, 4) is 12.3 Å². The van der Waals surface area contributed by atoms with Crippen molar-refractivity contribution < 1.29 is 14.7 Å². The van der Waals surface area contributed by atoms with E-state index < -0.39 is 11.4 Å². The molecular weight excluding hydrogens is 180 g/mol. The molecule has 3 heteroatoms. The number of hydrogen-bond acceptors (Lipinski definition) is 2. The van der Waals surface area contributed by atoms with E-state index in [2.05, 4.69) is 5.92 Å². The summed E-state index contributed by atoms with van der Waals surface area (Å²) < 4.78 is 0. The van der Waals surface area contributed by atoms with Gasteiger partial charge in [0.15, 0.2) is 0 Å². The van der Waals surface area contributed by atoms with E-state index in [4.69, 9.17) is 11.5 Å². The van der Waals surface area contributed by atoms with Crippen molar-refractivity contribution in [3.63, 3.8) is 0 Å². The van der Waals surface area contributed by atoms with Crippen molar-refractivity contribution >= 4 is 11.8 Å². The predicted octanol–water partition coefficient (Wildman–Crippen LogP) is 1.61. The lowest BCUT2D eigenvalue weighted by Crippen LogP contribution is -2.41. The van der Waals surface area contributed by atoms with E-state index in [9.17, 15) is 9.59 Å². The average molecular weight is 194 g/mol. The summed E-state index contributed by atoms with van der Waals surface area (Å²) in [6.45, 7) is 0. The number of carboxylic acids is 1. The highest BCUT2D eigenvalue weighted by Gasteiger charge is 2.45.